The lowest BCUT2D eigenvalue weighted by molar-refractivity contribution is 0.305. The van der Waals surface area contributed by atoms with Crippen molar-refractivity contribution in [1.29, 1.82) is 0 Å². The molecular formula is C20H18O2. The lowest BCUT2D eigenvalue weighted by Crippen LogP contribution is -1.96. The zero-order chi connectivity index (χ0) is 15.2. The van der Waals surface area contributed by atoms with Crippen LogP contribution in [0.5, 0.6) is 17.2 Å². The van der Waals surface area contributed by atoms with Gasteiger partial charge in [-0.2, -0.15) is 0 Å². The zero-order valence-corrected chi connectivity index (χ0v) is 12.5. The summed E-state index contributed by atoms with van der Waals surface area (Å²) in [4.78, 5) is 0. The van der Waals surface area contributed by atoms with Gasteiger partial charge in [-0.3, -0.25) is 0 Å². The minimum Gasteiger partial charge on any atom is -0.489 e. The highest BCUT2D eigenvalue weighted by Crippen LogP contribution is 2.22. The van der Waals surface area contributed by atoms with Crippen LogP contribution < -0.4 is 9.47 Å². The molecule has 0 radical (unpaired) electrons. The maximum Gasteiger partial charge on any atom is 0.127 e. The third kappa shape index (κ3) is 3.89. The molecule has 0 fully saturated rings. The van der Waals surface area contributed by atoms with Crippen LogP contribution in [-0.4, -0.2) is 0 Å². The summed E-state index contributed by atoms with van der Waals surface area (Å²) in [6, 6.07) is 25.8. The smallest absolute Gasteiger partial charge is 0.127 e. The standard InChI is InChI=1S/C20H18O2/c1-16-7-5-11-19(13-16)21-15-17-8-6-12-20(14-17)22-18-9-3-2-4-10-18/h2-14H,15H2,1H3. The first-order chi connectivity index (χ1) is 10.8. The van der Waals surface area contributed by atoms with Gasteiger partial charge in [-0.25, -0.2) is 0 Å². The van der Waals surface area contributed by atoms with Gasteiger partial charge in [0.25, 0.3) is 0 Å². The Morgan fingerprint density at radius 2 is 1.41 bits per heavy atom. The number of benzene rings is 3. The maximum absolute atomic E-state index is 5.83. The molecule has 0 N–H and O–H groups in total. The largest absolute Gasteiger partial charge is 0.489 e. The summed E-state index contributed by atoms with van der Waals surface area (Å²) in [5, 5.41) is 0. The number of hydrogen-bond donors (Lipinski definition) is 0. The quantitative estimate of drug-likeness (QED) is 0.629. The Hall–Kier alpha value is -2.74. The molecule has 0 saturated heterocycles. The molecule has 0 amide bonds. The second-order valence-electron chi connectivity index (χ2n) is 5.17. The zero-order valence-electron chi connectivity index (χ0n) is 12.5. The molecule has 0 atom stereocenters. The molecule has 0 aliphatic carbocycles. The van der Waals surface area contributed by atoms with E-state index in [0.29, 0.717) is 6.61 Å². The normalized spacial score (nSPS) is 10.2. The molecule has 0 unspecified atom stereocenters. The first-order valence-electron chi connectivity index (χ1n) is 7.31. The van der Waals surface area contributed by atoms with Gasteiger partial charge in [0.1, 0.15) is 23.9 Å². The highest BCUT2D eigenvalue weighted by atomic mass is 16.5. The number of aryl methyl sites for hydroxylation is 1. The molecule has 2 heteroatoms. The van der Waals surface area contributed by atoms with Crippen LogP contribution in [0.3, 0.4) is 0 Å². The topological polar surface area (TPSA) is 18.5 Å². The van der Waals surface area contributed by atoms with Crippen molar-refractivity contribution in [3.63, 3.8) is 0 Å². The molecule has 2 nitrogen and oxygen atoms in total. The van der Waals surface area contributed by atoms with Crippen LogP contribution in [0.25, 0.3) is 0 Å². The minimum atomic E-state index is 0.523. The van der Waals surface area contributed by atoms with Gasteiger partial charge in [0.15, 0.2) is 0 Å². The second-order valence-corrected chi connectivity index (χ2v) is 5.17. The summed E-state index contributed by atoms with van der Waals surface area (Å²) in [5.74, 6) is 2.53. The van der Waals surface area contributed by atoms with Gasteiger partial charge in [0, 0.05) is 0 Å². The van der Waals surface area contributed by atoms with Crippen LogP contribution >= 0.6 is 0 Å². The monoisotopic (exact) mass is 290 g/mol. The molecule has 3 rings (SSSR count). The average molecular weight is 290 g/mol. The maximum atomic E-state index is 5.83. The van der Waals surface area contributed by atoms with E-state index in [1.54, 1.807) is 0 Å². The molecular weight excluding hydrogens is 272 g/mol. The Morgan fingerprint density at radius 1 is 0.682 bits per heavy atom. The Kier molecular flexibility index (Phi) is 4.40. The van der Waals surface area contributed by atoms with Crippen molar-refractivity contribution in [3.8, 4) is 17.2 Å². The van der Waals surface area contributed by atoms with E-state index in [4.69, 9.17) is 9.47 Å². The summed E-state index contributed by atoms with van der Waals surface area (Å²) >= 11 is 0. The van der Waals surface area contributed by atoms with Gasteiger partial charge in [0.2, 0.25) is 0 Å². The van der Waals surface area contributed by atoms with Crippen molar-refractivity contribution in [2.45, 2.75) is 13.5 Å². The van der Waals surface area contributed by atoms with Crippen LogP contribution in [0.4, 0.5) is 0 Å². The van der Waals surface area contributed by atoms with Crippen molar-refractivity contribution >= 4 is 0 Å². The van der Waals surface area contributed by atoms with Gasteiger partial charge < -0.3 is 9.47 Å². The molecule has 0 bridgehead atoms. The summed E-state index contributed by atoms with van der Waals surface area (Å²) < 4.78 is 11.7. The molecule has 3 aromatic carbocycles. The predicted molar refractivity (Wildman–Crippen MR) is 88.5 cm³/mol. The molecule has 0 spiro atoms. The lowest BCUT2D eigenvalue weighted by Gasteiger charge is -2.09. The van der Waals surface area contributed by atoms with Gasteiger partial charge in [-0.05, 0) is 54.4 Å². The van der Waals surface area contributed by atoms with Gasteiger partial charge in [-0.15, -0.1) is 0 Å². The minimum absolute atomic E-state index is 0.523. The second kappa shape index (κ2) is 6.81. The summed E-state index contributed by atoms with van der Waals surface area (Å²) in [6.07, 6.45) is 0. The SMILES string of the molecule is Cc1cccc(OCc2cccc(Oc3ccccc3)c2)c1. The van der Waals surface area contributed by atoms with Crippen molar-refractivity contribution in [2.24, 2.45) is 0 Å². The third-order valence-electron chi connectivity index (χ3n) is 3.27. The van der Waals surface area contributed by atoms with Crippen molar-refractivity contribution in [2.75, 3.05) is 0 Å². The Bertz CT molecular complexity index is 735. The first kappa shape index (κ1) is 14.2. The number of hydrogen-bond acceptors (Lipinski definition) is 2. The van der Waals surface area contributed by atoms with E-state index in [1.165, 1.54) is 5.56 Å². The third-order valence-corrected chi connectivity index (χ3v) is 3.27. The highest BCUT2D eigenvalue weighted by molar-refractivity contribution is 5.34. The Morgan fingerprint density at radius 3 is 2.23 bits per heavy atom. The Balaban J connectivity index is 1.66. The van der Waals surface area contributed by atoms with E-state index in [0.717, 1.165) is 22.8 Å². The molecule has 0 heterocycles. The fraction of sp³-hybridized carbons (Fsp3) is 0.100. The van der Waals surface area contributed by atoms with Gasteiger partial charge in [0.05, 0.1) is 0 Å². The van der Waals surface area contributed by atoms with E-state index >= 15 is 0 Å². The first-order valence-corrected chi connectivity index (χ1v) is 7.31. The highest BCUT2D eigenvalue weighted by Gasteiger charge is 2.00. The van der Waals surface area contributed by atoms with Crippen molar-refractivity contribution in [1.82, 2.24) is 0 Å². The van der Waals surface area contributed by atoms with Crippen LogP contribution in [0, 0.1) is 6.92 Å². The van der Waals surface area contributed by atoms with Crippen LogP contribution in [0.1, 0.15) is 11.1 Å². The molecule has 0 aromatic heterocycles. The molecule has 0 aliphatic heterocycles. The summed E-state index contributed by atoms with van der Waals surface area (Å²) in [7, 11) is 0. The van der Waals surface area contributed by atoms with Crippen molar-refractivity contribution in [3.05, 3.63) is 90.0 Å². The molecule has 110 valence electrons. The number of rotatable bonds is 5. The molecule has 22 heavy (non-hydrogen) atoms. The van der Waals surface area contributed by atoms with E-state index in [9.17, 15) is 0 Å². The number of para-hydroxylation sites is 1. The van der Waals surface area contributed by atoms with Gasteiger partial charge in [-0.1, -0.05) is 42.5 Å². The summed E-state index contributed by atoms with van der Waals surface area (Å²) in [6.45, 7) is 2.58. The van der Waals surface area contributed by atoms with Crippen molar-refractivity contribution < 1.29 is 9.47 Å². The summed E-state index contributed by atoms with van der Waals surface area (Å²) in [5.41, 5.74) is 2.27. The van der Waals surface area contributed by atoms with Crippen LogP contribution in [-0.2, 0) is 6.61 Å². The van der Waals surface area contributed by atoms with E-state index in [2.05, 4.69) is 13.0 Å². The Labute approximate surface area is 131 Å². The van der Waals surface area contributed by atoms with Crippen LogP contribution in [0.15, 0.2) is 78.9 Å². The van der Waals surface area contributed by atoms with E-state index in [-0.39, 0.29) is 0 Å². The fourth-order valence-corrected chi connectivity index (χ4v) is 2.20. The van der Waals surface area contributed by atoms with Gasteiger partial charge >= 0.3 is 0 Å². The predicted octanol–water partition coefficient (Wildman–Crippen LogP) is 5.37. The number of ether oxygens (including phenoxy) is 2. The average Bonchev–Trinajstić information content (AvgIpc) is 2.54. The molecule has 0 aliphatic rings. The fourth-order valence-electron chi connectivity index (χ4n) is 2.20. The van der Waals surface area contributed by atoms with E-state index in [1.807, 2.05) is 72.8 Å². The van der Waals surface area contributed by atoms with E-state index < -0.39 is 0 Å². The molecule has 0 saturated carbocycles. The molecule has 3 aromatic rings. The lowest BCUT2D eigenvalue weighted by atomic mass is 10.2. The van der Waals surface area contributed by atoms with Crippen LogP contribution in [0.2, 0.25) is 0 Å².